The van der Waals surface area contributed by atoms with Gasteiger partial charge in [0.25, 0.3) is 0 Å². The van der Waals surface area contributed by atoms with Crippen LogP contribution < -0.4 is 14.8 Å². The molecule has 2 aromatic carbocycles. The Balaban J connectivity index is 1.62. The van der Waals surface area contributed by atoms with E-state index in [0.29, 0.717) is 35.2 Å². The van der Waals surface area contributed by atoms with Gasteiger partial charge in [-0.15, -0.1) is 0 Å². The monoisotopic (exact) mass is 409 g/mol. The number of ether oxygens (including phenoxy) is 2. The topological polar surface area (TPSA) is 84.9 Å². The van der Waals surface area contributed by atoms with Gasteiger partial charge in [0.05, 0.1) is 7.11 Å². The lowest BCUT2D eigenvalue weighted by Crippen LogP contribution is -2.27. The molecule has 0 aliphatic heterocycles. The fraction of sp³-hybridized carbons (Fsp3) is 0.333. The molecule has 0 heterocycles. The average Bonchev–Trinajstić information content (AvgIpc) is 3.27. The maximum absolute atomic E-state index is 12.2. The molecular formula is C24H27NO5. The van der Waals surface area contributed by atoms with E-state index in [2.05, 4.69) is 5.32 Å². The normalized spacial score (nSPS) is 14.4. The largest absolute Gasteiger partial charge is 0.493 e. The molecule has 0 bridgehead atoms. The van der Waals surface area contributed by atoms with Crippen molar-refractivity contribution in [3.05, 3.63) is 59.8 Å². The average molecular weight is 409 g/mol. The van der Waals surface area contributed by atoms with Crippen molar-refractivity contribution in [1.82, 2.24) is 5.32 Å². The Morgan fingerprint density at radius 3 is 2.37 bits per heavy atom. The van der Waals surface area contributed by atoms with E-state index < -0.39 is 5.97 Å². The minimum absolute atomic E-state index is 0.134. The predicted molar refractivity (Wildman–Crippen MR) is 114 cm³/mol. The summed E-state index contributed by atoms with van der Waals surface area (Å²) in [6, 6.07) is 14.3. The predicted octanol–water partition coefficient (Wildman–Crippen LogP) is 5.00. The molecule has 0 aromatic heterocycles. The van der Waals surface area contributed by atoms with Gasteiger partial charge in [-0.25, -0.2) is 4.79 Å². The first-order valence-electron chi connectivity index (χ1n) is 10.2. The highest BCUT2D eigenvalue weighted by atomic mass is 16.5. The maximum Gasteiger partial charge on any atom is 0.352 e. The number of carbonyl (C=O) groups is 2. The second kappa shape index (κ2) is 10.5. The van der Waals surface area contributed by atoms with Crippen molar-refractivity contribution in [2.24, 2.45) is 5.92 Å². The number of aliphatic carboxylic acids is 1. The third kappa shape index (κ3) is 6.11. The first-order chi connectivity index (χ1) is 14.5. The number of methoxy groups -OCH3 is 1. The molecule has 30 heavy (non-hydrogen) atoms. The lowest BCUT2D eigenvalue weighted by atomic mass is 10.0. The minimum atomic E-state index is -1.17. The van der Waals surface area contributed by atoms with Crippen LogP contribution in [0.1, 0.15) is 44.1 Å². The molecule has 0 unspecified atom stereocenters. The van der Waals surface area contributed by atoms with Crippen LogP contribution >= 0.6 is 0 Å². The van der Waals surface area contributed by atoms with Gasteiger partial charge in [0, 0.05) is 6.42 Å². The Hall–Kier alpha value is -3.28. The Bertz CT molecular complexity index is 898. The van der Waals surface area contributed by atoms with Crippen molar-refractivity contribution >= 4 is 18.0 Å². The van der Waals surface area contributed by atoms with Crippen molar-refractivity contribution in [1.29, 1.82) is 0 Å². The fourth-order valence-electron chi connectivity index (χ4n) is 3.63. The van der Waals surface area contributed by atoms with Crippen molar-refractivity contribution in [2.45, 2.75) is 38.5 Å². The van der Waals surface area contributed by atoms with Gasteiger partial charge >= 0.3 is 5.97 Å². The quantitative estimate of drug-likeness (QED) is 0.569. The third-order valence-electron chi connectivity index (χ3n) is 5.25. The lowest BCUT2D eigenvalue weighted by molar-refractivity contribution is -0.134. The van der Waals surface area contributed by atoms with E-state index in [1.807, 2.05) is 12.1 Å². The standard InChI is InChI=1S/C24H27NO5/c1-29-21-8-4-5-9-22(21)30-19-13-10-18(11-14-19)16-20(24(27)28)25-23(26)15-12-17-6-2-3-7-17/h4-5,8-11,13-14,16-17H,2-3,6-7,12,15H2,1H3,(H,25,26)(H,27,28). The number of amides is 1. The van der Waals surface area contributed by atoms with Crippen molar-refractivity contribution < 1.29 is 24.2 Å². The molecular weight excluding hydrogens is 382 g/mol. The van der Waals surface area contributed by atoms with Gasteiger partial charge < -0.3 is 19.9 Å². The van der Waals surface area contributed by atoms with E-state index in [9.17, 15) is 14.7 Å². The van der Waals surface area contributed by atoms with E-state index >= 15 is 0 Å². The molecule has 0 atom stereocenters. The third-order valence-corrected chi connectivity index (χ3v) is 5.25. The molecule has 0 saturated heterocycles. The zero-order chi connectivity index (χ0) is 21.3. The summed E-state index contributed by atoms with van der Waals surface area (Å²) in [5.74, 6) is 0.960. The molecule has 1 amide bonds. The van der Waals surface area contributed by atoms with Crippen LogP contribution in [-0.4, -0.2) is 24.1 Å². The zero-order valence-electron chi connectivity index (χ0n) is 17.1. The summed E-state index contributed by atoms with van der Waals surface area (Å²) >= 11 is 0. The summed E-state index contributed by atoms with van der Waals surface area (Å²) in [4.78, 5) is 23.7. The number of carboxylic acids is 1. The SMILES string of the molecule is COc1ccccc1Oc1ccc(C=C(NC(=O)CCC2CCCC2)C(=O)O)cc1. The van der Waals surface area contributed by atoms with E-state index in [-0.39, 0.29) is 11.6 Å². The van der Waals surface area contributed by atoms with Crippen LogP contribution in [0.2, 0.25) is 0 Å². The van der Waals surface area contributed by atoms with Gasteiger partial charge in [0.15, 0.2) is 11.5 Å². The van der Waals surface area contributed by atoms with Gasteiger partial charge in [-0.3, -0.25) is 4.79 Å². The molecule has 1 saturated carbocycles. The summed E-state index contributed by atoms with van der Waals surface area (Å²) in [5, 5.41) is 12.0. The molecule has 6 nitrogen and oxygen atoms in total. The maximum atomic E-state index is 12.2. The van der Waals surface area contributed by atoms with Crippen LogP contribution in [0.5, 0.6) is 17.2 Å². The Labute approximate surface area is 176 Å². The molecule has 1 fully saturated rings. The van der Waals surface area contributed by atoms with Crippen molar-refractivity contribution in [2.75, 3.05) is 7.11 Å². The highest BCUT2D eigenvalue weighted by Gasteiger charge is 2.17. The first kappa shape index (κ1) is 21.4. The molecule has 1 aliphatic carbocycles. The minimum Gasteiger partial charge on any atom is -0.493 e. The highest BCUT2D eigenvalue weighted by molar-refractivity contribution is 5.96. The summed E-state index contributed by atoms with van der Waals surface area (Å²) in [6.07, 6.45) is 7.39. The summed E-state index contributed by atoms with van der Waals surface area (Å²) in [5.41, 5.74) is 0.515. The molecule has 2 N–H and O–H groups in total. The van der Waals surface area contributed by atoms with Gasteiger partial charge in [0.2, 0.25) is 5.91 Å². The number of para-hydroxylation sites is 2. The van der Waals surface area contributed by atoms with Crippen LogP contribution in [0.3, 0.4) is 0 Å². The fourth-order valence-corrected chi connectivity index (χ4v) is 3.63. The van der Waals surface area contributed by atoms with Crippen LogP contribution in [0, 0.1) is 5.92 Å². The van der Waals surface area contributed by atoms with Gasteiger partial charge in [-0.2, -0.15) is 0 Å². The number of nitrogens with one attached hydrogen (secondary N) is 1. The number of hydrogen-bond acceptors (Lipinski definition) is 4. The lowest BCUT2D eigenvalue weighted by Gasteiger charge is -2.11. The number of benzene rings is 2. The second-order valence-corrected chi connectivity index (χ2v) is 7.42. The Morgan fingerprint density at radius 2 is 1.73 bits per heavy atom. The van der Waals surface area contributed by atoms with Crippen molar-refractivity contribution in [3.63, 3.8) is 0 Å². The summed E-state index contributed by atoms with van der Waals surface area (Å²) in [6.45, 7) is 0. The molecule has 0 radical (unpaired) electrons. The van der Waals surface area contributed by atoms with E-state index in [0.717, 1.165) is 19.3 Å². The number of carbonyl (C=O) groups excluding carboxylic acids is 1. The van der Waals surface area contributed by atoms with E-state index in [1.54, 1.807) is 43.5 Å². The van der Waals surface area contributed by atoms with Crippen LogP contribution in [-0.2, 0) is 9.59 Å². The first-order valence-corrected chi connectivity index (χ1v) is 10.2. The van der Waals surface area contributed by atoms with Gasteiger partial charge in [-0.05, 0) is 48.2 Å². The molecule has 0 spiro atoms. The van der Waals surface area contributed by atoms with Crippen molar-refractivity contribution in [3.8, 4) is 17.2 Å². The molecule has 3 rings (SSSR count). The molecule has 6 heteroatoms. The molecule has 2 aromatic rings. The zero-order valence-corrected chi connectivity index (χ0v) is 17.1. The number of hydrogen-bond donors (Lipinski definition) is 2. The molecule has 1 aliphatic rings. The highest BCUT2D eigenvalue weighted by Crippen LogP contribution is 2.31. The smallest absolute Gasteiger partial charge is 0.352 e. The van der Waals surface area contributed by atoms with E-state index in [1.165, 1.54) is 18.9 Å². The van der Waals surface area contributed by atoms with E-state index in [4.69, 9.17) is 9.47 Å². The Morgan fingerprint density at radius 1 is 1.07 bits per heavy atom. The molecule has 158 valence electrons. The van der Waals surface area contributed by atoms with Gasteiger partial charge in [-0.1, -0.05) is 49.9 Å². The van der Waals surface area contributed by atoms with Gasteiger partial charge in [0.1, 0.15) is 11.4 Å². The number of carboxylic acid groups (broad SMARTS) is 1. The number of rotatable bonds is 9. The van der Waals surface area contributed by atoms with Crippen LogP contribution in [0.25, 0.3) is 6.08 Å². The Kier molecular flexibility index (Phi) is 7.49. The van der Waals surface area contributed by atoms with Crippen LogP contribution in [0.4, 0.5) is 0 Å². The summed E-state index contributed by atoms with van der Waals surface area (Å²) in [7, 11) is 1.57. The summed E-state index contributed by atoms with van der Waals surface area (Å²) < 4.78 is 11.1. The second-order valence-electron chi connectivity index (χ2n) is 7.42. The van der Waals surface area contributed by atoms with Crippen LogP contribution in [0.15, 0.2) is 54.2 Å².